The van der Waals surface area contributed by atoms with Gasteiger partial charge in [-0.3, -0.25) is 4.79 Å². The molecule has 11 heteroatoms. The van der Waals surface area contributed by atoms with Crippen molar-refractivity contribution >= 4 is 34.1 Å². The fourth-order valence-corrected chi connectivity index (χ4v) is 6.96. The van der Waals surface area contributed by atoms with Crippen molar-refractivity contribution in [3.63, 3.8) is 0 Å². The Bertz CT molecular complexity index is 1940. The van der Waals surface area contributed by atoms with E-state index in [-0.39, 0.29) is 46.6 Å². The van der Waals surface area contributed by atoms with Gasteiger partial charge in [-0.2, -0.15) is 4.98 Å². The second kappa shape index (κ2) is 12.4. The summed E-state index contributed by atoms with van der Waals surface area (Å²) >= 11 is 0. The summed E-state index contributed by atoms with van der Waals surface area (Å²) in [5.41, 5.74) is 2.30. The number of benzene rings is 2. The Morgan fingerprint density at radius 3 is 2.34 bits per heavy atom. The number of pyridine rings is 1. The van der Waals surface area contributed by atoms with E-state index in [1.165, 1.54) is 22.8 Å². The molecule has 2 aliphatic heterocycles. The maximum absolute atomic E-state index is 16.5. The molecule has 0 radical (unpaired) electrons. The summed E-state index contributed by atoms with van der Waals surface area (Å²) in [4.78, 5) is 44.2. The molecule has 2 atom stereocenters. The molecule has 2 aliphatic rings. The Morgan fingerprint density at radius 2 is 1.64 bits per heavy atom. The quantitative estimate of drug-likeness (QED) is 0.264. The summed E-state index contributed by atoms with van der Waals surface area (Å²) in [7, 11) is 3.84. The van der Waals surface area contributed by atoms with E-state index < -0.39 is 17.3 Å². The van der Waals surface area contributed by atoms with Crippen molar-refractivity contribution in [2.75, 3.05) is 55.0 Å². The minimum atomic E-state index is -0.726. The average Bonchev–Trinajstić information content (AvgIpc) is 3.04. The van der Waals surface area contributed by atoms with Crippen molar-refractivity contribution in [2.24, 2.45) is 0 Å². The second-order valence-electron chi connectivity index (χ2n) is 13.0. The number of hydrogen-bond donors (Lipinski definition) is 0. The molecule has 0 unspecified atom stereocenters. The van der Waals surface area contributed by atoms with Gasteiger partial charge in [-0.1, -0.05) is 38.6 Å². The molecule has 2 aromatic carbocycles. The first-order valence-electron chi connectivity index (χ1n) is 16.1. The third-order valence-corrected chi connectivity index (χ3v) is 9.45. The Morgan fingerprint density at radius 1 is 0.957 bits per heavy atom. The molecule has 0 N–H and O–H groups in total. The first-order chi connectivity index (χ1) is 22.4. The summed E-state index contributed by atoms with van der Waals surface area (Å²) in [6.45, 7) is 13.5. The molecular weight excluding hydrogens is 600 g/mol. The number of anilines is 3. The Hall–Kier alpha value is -4.80. The van der Waals surface area contributed by atoms with E-state index in [0.29, 0.717) is 42.9 Å². The van der Waals surface area contributed by atoms with Crippen LogP contribution in [0.25, 0.3) is 28.0 Å². The number of fused-ring (bicyclic) bond motifs is 5. The minimum Gasteiger partial charge on any atom is -0.374 e. The Kier molecular flexibility index (Phi) is 8.50. The van der Waals surface area contributed by atoms with Crippen LogP contribution in [0.4, 0.5) is 26.0 Å². The first kappa shape index (κ1) is 32.2. The molecular formula is C36H41F2N7O2. The van der Waals surface area contributed by atoms with Gasteiger partial charge in [-0.25, -0.2) is 23.1 Å². The van der Waals surface area contributed by atoms with Gasteiger partial charge in [0.2, 0.25) is 5.91 Å². The van der Waals surface area contributed by atoms with Crippen LogP contribution in [0.2, 0.25) is 0 Å². The fraction of sp³-hybridized carbons (Fsp3) is 0.389. The normalized spacial score (nSPS) is 18.5. The van der Waals surface area contributed by atoms with E-state index in [2.05, 4.69) is 30.3 Å². The standard InChI is InChI=1S/C36H41F2N7O2/c1-8-30(46)43-19-23(5)44(20-22(43)4)34-25-18-27(38)32-31-26(37)13-10-14-28(31)41(6)16-11-17-42(7)29-15-9-12-24(21(2)3)33(29)45(35(25)39-32)36(47)40-34/h8-10,12-15,18,21-23H,1,11,16-17,19-20H2,2-7H3/t22-,23+/m1/s1. The predicted molar refractivity (Wildman–Crippen MR) is 184 cm³/mol. The maximum Gasteiger partial charge on any atom is 0.355 e. The maximum atomic E-state index is 16.5. The zero-order valence-corrected chi connectivity index (χ0v) is 27.8. The molecule has 1 amide bonds. The molecule has 0 spiro atoms. The Labute approximate surface area is 273 Å². The van der Waals surface area contributed by atoms with Gasteiger partial charge >= 0.3 is 5.69 Å². The molecule has 4 heterocycles. The van der Waals surface area contributed by atoms with Crippen molar-refractivity contribution in [3.05, 3.63) is 82.8 Å². The lowest BCUT2D eigenvalue weighted by molar-refractivity contribution is -0.128. The number of rotatable bonds is 3. The van der Waals surface area contributed by atoms with Gasteiger partial charge in [0.25, 0.3) is 0 Å². The number of amides is 1. The van der Waals surface area contributed by atoms with Gasteiger partial charge < -0.3 is 19.6 Å². The van der Waals surface area contributed by atoms with Crippen molar-refractivity contribution < 1.29 is 13.6 Å². The zero-order valence-electron chi connectivity index (χ0n) is 27.8. The van der Waals surface area contributed by atoms with E-state index in [4.69, 9.17) is 4.98 Å². The molecule has 0 aliphatic carbocycles. The summed E-state index contributed by atoms with van der Waals surface area (Å²) in [6, 6.07) is 11.4. The van der Waals surface area contributed by atoms with Crippen molar-refractivity contribution in [2.45, 2.75) is 52.1 Å². The minimum absolute atomic E-state index is 0.0243. The van der Waals surface area contributed by atoms with Crippen LogP contribution in [-0.4, -0.2) is 77.7 Å². The third kappa shape index (κ3) is 5.51. The average molecular weight is 642 g/mol. The summed E-state index contributed by atoms with van der Waals surface area (Å²) < 4.78 is 33.7. The zero-order chi connectivity index (χ0) is 33.7. The van der Waals surface area contributed by atoms with Crippen LogP contribution in [0, 0.1) is 11.6 Å². The number of nitrogens with zero attached hydrogens (tertiary/aromatic N) is 7. The molecule has 9 nitrogen and oxygen atoms in total. The van der Waals surface area contributed by atoms with E-state index >= 15 is 8.78 Å². The summed E-state index contributed by atoms with van der Waals surface area (Å²) in [5, 5.41) is 0.321. The molecule has 1 saturated heterocycles. The molecule has 4 aromatic rings. The highest BCUT2D eigenvalue weighted by molar-refractivity contribution is 5.93. The van der Waals surface area contributed by atoms with Gasteiger partial charge in [-0.05, 0) is 62.1 Å². The highest BCUT2D eigenvalue weighted by atomic mass is 19.1. The van der Waals surface area contributed by atoms with Crippen molar-refractivity contribution in [1.29, 1.82) is 0 Å². The van der Waals surface area contributed by atoms with Crippen LogP contribution in [0.15, 0.2) is 59.9 Å². The molecule has 47 heavy (non-hydrogen) atoms. The van der Waals surface area contributed by atoms with Gasteiger partial charge in [0.05, 0.1) is 22.3 Å². The van der Waals surface area contributed by atoms with Gasteiger partial charge in [0.15, 0.2) is 11.5 Å². The summed E-state index contributed by atoms with van der Waals surface area (Å²) in [6.07, 6.45) is 2.01. The lowest BCUT2D eigenvalue weighted by Gasteiger charge is -2.44. The van der Waals surface area contributed by atoms with Crippen LogP contribution in [0.1, 0.15) is 45.6 Å². The number of carbonyl (C=O) groups is 1. The lowest BCUT2D eigenvalue weighted by Crippen LogP contribution is -2.58. The van der Waals surface area contributed by atoms with Gasteiger partial charge in [0, 0.05) is 58.0 Å². The van der Waals surface area contributed by atoms with Crippen molar-refractivity contribution in [1.82, 2.24) is 19.4 Å². The van der Waals surface area contributed by atoms with Crippen LogP contribution in [0.5, 0.6) is 0 Å². The molecule has 6 rings (SSSR count). The molecule has 246 valence electrons. The SMILES string of the molecule is C=CC(=O)N1C[C@H](C)N(c2nc(=O)n3c4nc(c(F)cc24)-c2c(F)cccc2N(C)CCCN(C)c2cccc(C(C)C)c2-3)C[C@H]1C. The van der Waals surface area contributed by atoms with E-state index in [1.54, 1.807) is 17.0 Å². The summed E-state index contributed by atoms with van der Waals surface area (Å²) in [5.74, 6) is -1.22. The molecule has 1 fully saturated rings. The van der Waals surface area contributed by atoms with Crippen molar-refractivity contribution in [3.8, 4) is 16.9 Å². The van der Waals surface area contributed by atoms with Crippen LogP contribution in [-0.2, 0) is 4.79 Å². The third-order valence-electron chi connectivity index (χ3n) is 9.45. The number of carbonyl (C=O) groups excluding carboxylic acids is 1. The molecule has 2 bridgehead atoms. The monoisotopic (exact) mass is 641 g/mol. The number of piperazine rings is 1. The second-order valence-corrected chi connectivity index (χ2v) is 13.0. The lowest BCUT2D eigenvalue weighted by atomic mass is 9.99. The fourth-order valence-electron chi connectivity index (χ4n) is 6.96. The number of hydrogen-bond acceptors (Lipinski definition) is 7. The topological polar surface area (TPSA) is 77.8 Å². The molecule has 2 aromatic heterocycles. The van der Waals surface area contributed by atoms with Crippen LogP contribution < -0.4 is 20.4 Å². The van der Waals surface area contributed by atoms with E-state index in [9.17, 15) is 9.59 Å². The van der Waals surface area contributed by atoms with E-state index in [0.717, 1.165) is 17.7 Å². The Balaban J connectivity index is 1.72. The smallest absolute Gasteiger partial charge is 0.355 e. The van der Waals surface area contributed by atoms with Crippen LogP contribution >= 0.6 is 0 Å². The number of halogens is 2. The van der Waals surface area contributed by atoms with Crippen LogP contribution in [0.3, 0.4) is 0 Å². The largest absolute Gasteiger partial charge is 0.374 e. The first-order valence-corrected chi connectivity index (χ1v) is 16.1. The van der Waals surface area contributed by atoms with Gasteiger partial charge in [-0.15, -0.1) is 0 Å². The number of aromatic nitrogens is 3. The van der Waals surface area contributed by atoms with Gasteiger partial charge in [0.1, 0.15) is 17.3 Å². The van der Waals surface area contributed by atoms with E-state index in [1.807, 2.05) is 55.9 Å². The highest BCUT2D eigenvalue weighted by Crippen LogP contribution is 2.39. The highest BCUT2D eigenvalue weighted by Gasteiger charge is 2.34. The predicted octanol–water partition coefficient (Wildman–Crippen LogP) is 5.74. The molecule has 0 saturated carbocycles. The number of para-hydroxylation sites is 1.